The van der Waals surface area contributed by atoms with Crippen molar-refractivity contribution in [3.63, 3.8) is 0 Å². The van der Waals surface area contributed by atoms with Crippen molar-refractivity contribution < 1.29 is 22.4 Å². The van der Waals surface area contributed by atoms with Crippen LogP contribution in [0.2, 0.25) is 10.0 Å². The van der Waals surface area contributed by atoms with Gasteiger partial charge >= 0.3 is 0 Å². The number of carbonyl (C=O) groups is 2. The minimum atomic E-state index is -4.26. The van der Waals surface area contributed by atoms with Crippen molar-refractivity contribution in [1.82, 2.24) is 10.2 Å². The molecule has 40 heavy (non-hydrogen) atoms. The molecule has 0 aromatic heterocycles. The predicted octanol–water partition coefficient (Wildman–Crippen LogP) is 5.97. The SMILES string of the molecule is CCCNC(=O)[C@H](CC)N(Cc1c(Cl)cccc1Cl)C(=O)CN(c1ccc(F)cc1)S(=O)(=O)c1ccc(C)cc1. The van der Waals surface area contributed by atoms with E-state index in [1.807, 2.05) is 13.8 Å². The standard InChI is InChI=1S/C29H32Cl2FN3O4S/c1-4-17-33-29(37)27(5-2)34(18-24-25(30)7-6-8-26(24)31)28(36)19-35(22-13-11-21(32)12-14-22)40(38,39)23-15-9-20(3)10-16-23/h6-16,27H,4-5,17-19H2,1-3H3,(H,33,37)/t27-/m0/s1. The van der Waals surface area contributed by atoms with Gasteiger partial charge in [0.2, 0.25) is 11.8 Å². The van der Waals surface area contributed by atoms with E-state index in [1.165, 1.54) is 29.2 Å². The largest absolute Gasteiger partial charge is 0.354 e. The Morgan fingerprint density at radius 3 is 2.10 bits per heavy atom. The monoisotopic (exact) mass is 607 g/mol. The molecule has 1 atom stereocenters. The number of sulfonamides is 1. The van der Waals surface area contributed by atoms with Crippen molar-refractivity contribution in [2.75, 3.05) is 17.4 Å². The third-order valence-corrected chi connectivity index (χ3v) is 8.82. The summed E-state index contributed by atoms with van der Waals surface area (Å²) in [5.41, 5.74) is 1.38. The molecule has 0 aliphatic rings. The molecule has 0 radical (unpaired) electrons. The summed E-state index contributed by atoms with van der Waals surface area (Å²) in [4.78, 5) is 28.4. The van der Waals surface area contributed by atoms with Gasteiger partial charge < -0.3 is 10.2 Å². The maximum absolute atomic E-state index is 14.0. The molecule has 3 rings (SSSR count). The third kappa shape index (κ3) is 7.53. The van der Waals surface area contributed by atoms with E-state index >= 15 is 0 Å². The van der Waals surface area contributed by atoms with Crippen LogP contribution in [0.3, 0.4) is 0 Å². The van der Waals surface area contributed by atoms with Crippen LogP contribution in [0.1, 0.15) is 37.8 Å². The number of amides is 2. The van der Waals surface area contributed by atoms with Crippen LogP contribution in [0.5, 0.6) is 0 Å². The average Bonchev–Trinajstić information content (AvgIpc) is 2.92. The van der Waals surface area contributed by atoms with Crippen molar-refractivity contribution in [2.45, 2.75) is 51.1 Å². The molecular weight excluding hydrogens is 576 g/mol. The number of carbonyl (C=O) groups excluding carboxylic acids is 2. The molecule has 0 saturated carbocycles. The number of rotatable bonds is 12. The van der Waals surface area contributed by atoms with Crippen LogP contribution in [0, 0.1) is 12.7 Å². The maximum Gasteiger partial charge on any atom is 0.264 e. The first-order valence-corrected chi connectivity index (χ1v) is 15.0. The Morgan fingerprint density at radius 2 is 1.55 bits per heavy atom. The normalized spacial score (nSPS) is 12.1. The molecule has 0 heterocycles. The van der Waals surface area contributed by atoms with E-state index in [4.69, 9.17) is 23.2 Å². The van der Waals surface area contributed by atoms with E-state index in [0.717, 1.165) is 22.0 Å². The van der Waals surface area contributed by atoms with Crippen molar-refractivity contribution in [1.29, 1.82) is 0 Å². The molecule has 11 heteroatoms. The number of aryl methyl sites for hydroxylation is 1. The van der Waals surface area contributed by atoms with Gasteiger partial charge in [0.05, 0.1) is 10.6 Å². The molecule has 214 valence electrons. The number of nitrogens with zero attached hydrogens (tertiary/aromatic N) is 2. The Balaban J connectivity index is 2.08. The Kier molecular flexibility index (Phi) is 11.0. The van der Waals surface area contributed by atoms with E-state index in [9.17, 15) is 22.4 Å². The summed E-state index contributed by atoms with van der Waals surface area (Å²) in [6, 6.07) is 15.0. The summed E-state index contributed by atoms with van der Waals surface area (Å²) >= 11 is 12.8. The van der Waals surface area contributed by atoms with Crippen molar-refractivity contribution in [3.05, 3.63) is 93.7 Å². The first-order chi connectivity index (χ1) is 19.0. The summed E-state index contributed by atoms with van der Waals surface area (Å²) in [6.07, 6.45) is 0.949. The van der Waals surface area contributed by atoms with Gasteiger partial charge in [0.25, 0.3) is 10.0 Å². The second-order valence-corrected chi connectivity index (χ2v) is 11.9. The highest BCUT2D eigenvalue weighted by atomic mass is 35.5. The molecule has 7 nitrogen and oxygen atoms in total. The summed E-state index contributed by atoms with van der Waals surface area (Å²) in [5.74, 6) is -1.60. The fourth-order valence-electron chi connectivity index (χ4n) is 4.11. The van der Waals surface area contributed by atoms with Gasteiger partial charge in [-0.1, -0.05) is 60.8 Å². The second-order valence-electron chi connectivity index (χ2n) is 9.24. The van der Waals surface area contributed by atoms with Crippen LogP contribution >= 0.6 is 23.2 Å². The molecule has 0 unspecified atom stereocenters. The molecule has 3 aromatic carbocycles. The van der Waals surface area contributed by atoms with E-state index < -0.39 is 34.3 Å². The fraction of sp³-hybridized carbons (Fsp3) is 0.310. The average molecular weight is 609 g/mol. The molecule has 0 fully saturated rings. The van der Waals surface area contributed by atoms with Crippen LogP contribution in [-0.4, -0.2) is 44.3 Å². The molecule has 0 saturated heterocycles. The minimum Gasteiger partial charge on any atom is -0.354 e. The number of benzene rings is 3. The first-order valence-electron chi connectivity index (χ1n) is 12.8. The number of nitrogens with one attached hydrogen (secondary N) is 1. The maximum atomic E-state index is 14.0. The molecule has 1 N–H and O–H groups in total. The Labute approximate surface area is 244 Å². The van der Waals surface area contributed by atoms with Gasteiger partial charge in [-0.15, -0.1) is 0 Å². The van der Waals surface area contributed by atoms with Crippen LogP contribution in [0.25, 0.3) is 0 Å². The summed E-state index contributed by atoms with van der Waals surface area (Å²) in [7, 11) is -4.26. The molecule has 0 bridgehead atoms. The second kappa shape index (κ2) is 14.0. The zero-order chi connectivity index (χ0) is 29.4. The highest BCUT2D eigenvalue weighted by Gasteiger charge is 2.34. The Bertz CT molecular complexity index is 1410. The molecule has 0 spiro atoms. The molecule has 3 aromatic rings. The number of hydrogen-bond acceptors (Lipinski definition) is 4. The van der Waals surface area contributed by atoms with E-state index in [0.29, 0.717) is 28.6 Å². The lowest BCUT2D eigenvalue weighted by Crippen LogP contribution is -2.52. The minimum absolute atomic E-state index is 0.0383. The molecule has 2 amide bonds. The summed E-state index contributed by atoms with van der Waals surface area (Å²) in [5, 5.41) is 3.42. The molecule has 0 aliphatic carbocycles. The highest BCUT2D eigenvalue weighted by molar-refractivity contribution is 7.92. The van der Waals surface area contributed by atoms with Gasteiger partial charge in [0.15, 0.2) is 0 Å². The van der Waals surface area contributed by atoms with Crippen LogP contribution < -0.4 is 9.62 Å². The third-order valence-electron chi connectivity index (χ3n) is 6.33. The van der Waals surface area contributed by atoms with Gasteiger partial charge in [-0.2, -0.15) is 0 Å². The number of hydrogen-bond donors (Lipinski definition) is 1. The zero-order valence-electron chi connectivity index (χ0n) is 22.5. The highest BCUT2D eigenvalue weighted by Crippen LogP contribution is 2.29. The number of halogens is 3. The van der Waals surface area contributed by atoms with Crippen LogP contribution in [0.15, 0.2) is 71.6 Å². The van der Waals surface area contributed by atoms with Gasteiger partial charge in [0.1, 0.15) is 18.4 Å². The van der Waals surface area contributed by atoms with Crippen LogP contribution in [-0.2, 0) is 26.2 Å². The Morgan fingerprint density at radius 1 is 0.950 bits per heavy atom. The molecule has 0 aliphatic heterocycles. The van der Waals surface area contributed by atoms with Gasteiger partial charge in [0, 0.05) is 28.7 Å². The quantitative estimate of drug-likeness (QED) is 0.275. The summed E-state index contributed by atoms with van der Waals surface area (Å²) < 4.78 is 42.3. The van der Waals surface area contributed by atoms with Gasteiger partial charge in [-0.25, -0.2) is 12.8 Å². The first kappa shape index (κ1) is 31.4. The Hall–Kier alpha value is -3.14. The lowest BCUT2D eigenvalue weighted by Gasteiger charge is -2.33. The topological polar surface area (TPSA) is 86.8 Å². The smallest absolute Gasteiger partial charge is 0.264 e. The van der Waals surface area contributed by atoms with Gasteiger partial charge in [-0.05, 0) is 68.3 Å². The predicted molar refractivity (Wildman–Crippen MR) is 157 cm³/mol. The summed E-state index contributed by atoms with van der Waals surface area (Å²) in [6.45, 7) is 5.12. The zero-order valence-corrected chi connectivity index (χ0v) is 24.9. The van der Waals surface area contributed by atoms with E-state index in [1.54, 1.807) is 37.3 Å². The molecular formula is C29H32Cl2FN3O4S. The fourth-order valence-corrected chi connectivity index (χ4v) is 6.04. The van der Waals surface area contributed by atoms with Crippen LogP contribution in [0.4, 0.5) is 10.1 Å². The van der Waals surface area contributed by atoms with Crippen molar-refractivity contribution in [2.24, 2.45) is 0 Å². The van der Waals surface area contributed by atoms with E-state index in [-0.39, 0.29) is 29.5 Å². The van der Waals surface area contributed by atoms with Gasteiger partial charge in [-0.3, -0.25) is 13.9 Å². The van der Waals surface area contributed by atoms with Crippen molar-refractivity contribution >= 4 is 50.7 Å². The lowest BCUT2D eigenvalue weighted by atomic mass is 10.1. The van der Waals surface area contributed by atoms with Crippen molar-refractivity contribution in [3.8, 4) is 0 Å². The lowest BCUT2D eigenvalue weighted by molar-refractivity contribution is -0.140. The van der Waals surface area contributed by atoms with E-state index in [2.05, 4.69) is 5.32 Å². The number of anilines is 1.